The number of anilines is 1. The van der Waals surface area contributed by atoms with Crippen molar-refractivity contribution in [3.63, 3.8) is 0 Å². The first-order valence-electron chi connectivity index (χ1n) is 10.5. The summed E-state index contributed by atoms with van der Waals surface area (Å²) in [5.41, 5.74) is 0.920. The predicted molar refractivity (Wildman–Crippen MR) is 119 cm³/mol. The summed E-state index contributed by atoms with van der Waals surface area (Å²) < 4.78 is 38.3. The standard InChI is InChI=1S/C24H23F3N2O2S/c1-29-19-14-16(22(30)28-18-5-3-2-4-6-18)9-12-20(19)32-21(23(29)31)13-15-7-10-17(11-8-15)24(25,26)27/h7-14,18H,2-6H2,1H3,(H,28,30). The zero-order valence-corrected chi connectivity index (χ0v) is 18.4. The van der Waals surface area contributed by atoms with Crippen LogP contribution in [0.25, 0.3) is 6.08 Å². The van der Waals surface area contributed by atoms with Gasteiger partial charge in [-0.3, -0.25) is 9.59 Å². The highest BCUT2D eigenvalue weighted by atomic mass is 32.2. The number of hydrogen-bond donors (Lipinski definition) is 1. The van der Waals surface area contributed by atoms with Gasteiger partial charge in [-0.15, -0.1) is 0 Å². The van der Waals surface area contributed by atoms with Crippen molar-refractivity contribution in [3.05, 3.63) is 64.1 Å². The van der Waals surface area contributed by atoms with E-state index in [9.17, 15) is 22.8 Å². The molecule has 2 aromatic carbocycles. The molecule has 1 aliphatic heterocycles. The third-order valence-corrected chi connectivity index (χ3v) is 6.87. The van der Waals surface area contributed by atoms with Gasteiger partial charge >= 0.3 is 6.18 Å². The van der Waals surface area contributed by atoms with Gasteiger partial charge in [-0.05, 0) is 54.8 Å². The van der Waals surface area contributed by atoms with Gasteiger partial charge in [-0.2, -0.15) is 13.2 Å². The summed E-state index contributed by atoms with van der Waals surface area (Å²) in [6.07, 6.45) is 2.61. The summed E-state index contributed by atoms with van der Waals surface area (Å²) in [5.74, 6) is -0.413. The monoisotopic (exact) mass is 460 g/mol. The first-order valence-corrected chi connectivity index (χ1v) is 11.3. The van der Waals surface area contributed by atoms with Crippen LogP contribution in [0.4, 0.5) is 18.9 Å². The van der Waals surface area contributed by atoms with Crippen molar-refractivity contribution < 1.29 is 22.8 Å². The highest BCUT2D eigenvalue weighted by Gasteiger charge is 2.30. The number of carbonyl (C=O) groups excluding carboxylic acids is 2. The van der Waals surface area contributed by atoms with Gasteiger partial charge in [0.05, 0.1) is 16.2 Å². The van der Waals surface area contributed by atoms with Crippen molar-refractivity contribution in [2.75, 3.05) is 11.9 Å². The van der Waals surface area contributed by atoms with Crippen LogP contribution in [-0.2, 0) is 11.0 Å². The van der Waals surface area contributed by atoms with Crippen LogP contribution < -0.4 is 10.2 Å². The van der Waals surface area contributed by atoms with Gasteiger partial charge in [0, 0.05) is 23.5 Å². The quantitative estimate of drug-likeness (QED) is 0.582. The van der Waals surface area contributed by atoms with Gasteiger partial charge < -0.3 is 10.2 Å². The smallest absolute Gasteiger partial charge is 0.349 e. The molecule has 4 nitrogen and oxygen atoms in total. The summed E-state index contributed by atoms with van der Waals surface area (Å²) in [5, 5.41) is 3.08. The average molecular weight is 461 g/mol. The Labute approximate surface area is 188 Å². The number of amides is 2. The first kappa shape index (κ1) is 22.5. The Morgan fingerprint density at radius 3 is 2.44 bits per heavy atom. The second-order valence-corrected chi connectivity index (χ2v) is 9.17. The lowest BCUT2D eigenvalue weighted by molar-refractivity contribution is -0.137. The van der Waals surface area contributed by atoms with Crippen molar-refractivity contribution in [2.24, 2.45) is 0 Å². The molecule has 0 atom stereocenters. The molecule has 2 amide bonds. The number of nitrogens with one attached hydrogen (secondary N) is 1. The molecule has 0 saturated heterocycles. The van der Waals surface area contributed by atoms with Crippen LogP contribution in [0, 0.1) is 0 Å². The number of hydrogen-bond acceptors (Lipinski definition) is 3. The van der Waals surface area contributed by atoms with Crippen LogP contribution in [0.2, 0.25) is 0 Å². The van der Waals surface area contributed by atoms with Gasteiger partial charge in [0.1, 0.15) is 0 Å². The van der Waals surface area contributed by atoms with Crippen molar-refractivity contribution in [3.8, 4) is 0 Å². The summed E-state index contributed by atoms with van der Waals surface area (Å²) in [4.78, 5) is 28.2. The molecular formula is C24H23F3N2O2S. The molecule has 168 valence electrons. The fraction of sp³-hybridized carbons (Fsp3) is 0.333. The second kappa shape index (κ2) is 9.02. The Bertz CT molecular complexity index is 1060. The molecule has 1 N–H and O–H groups in total. The van der Waals surface area contributed by atoms with Gasteiger partial charge in [0.25, 0.3) is 11.8 Å². The molecule has 0 unspecified atom stereocenters. The Hall–Kier alpha value is -2.74. The van der Waals surface area contributed by atoms with Crippen LogP contribution in [0.3, 0.4) is 0 Å². The number of likely N-dealkylation sites (N-methyl/N-ethyl adjacent to an activating group) is 1. The highest BCUT2D eigenvalue weighted by molar-refractivity contribution is 8.04. The Morgan fingerprint density at radius 2 is 1.78 bits per heavy atom. The van der Waals surface area contributed by atoms with E-state index in [0.29, 0.717) is 21.7 Å². The molecule has 32 heavy (non-hydrogen) atoms. The molecule has 0 aromatic heterocycles. The van der Waals surface area contributed by atoms with Crippen LogP contribution in [0.5, 0.6) is 0 Å². The second-order valence-electron chi connectivity index (χ2n) is 8.09. The van der Waals surface area contributed by atoms with E-state index < -0.39 is 11.7 Å². The number of benzene rings is 2. The van der Waals surface area contributed by atoms with Crippen LogP contribution in [0.15, 0.2) is 52.3 Å². The minimum absolute atomic E-state index is 0.142. The summed E-state index contributed by atoms with van der Waals surface area (Å²) in [6.45, 7) is 0. The molecule has 0 spiro atoms. The maximum absolute atomic E-state index is 12.9. The summed E-state index contributed by atoms with van der Waals surface area (Å²) >= 11 is 1.25. The Kier molecular flexibility index (Phi) is 6.33. The first-order chi connectivity index (χ1) is 15.2. The number of fused-ring (bicyclic) bond motifs is 1. The van der Waals surface area contributed by atoms with E-state index in [1.165, 1.54) is 35.2 Å². The van der Waals surface area contributed by atoms with Crippen molar-refractivity contribution in [2.45, 2.75) is 49.2 Å². The Morgan fingerprint density at radius 1 is 1.09 bits per heavy atom. The molecule has 8 heteroatoms. The van der Waals surface area contributed by atoms with Gasteiger partial charge in [0.15, 0.2) is 0 Å². The van der Waals surface area contributed by atoms with Crippen molar-refractivity contribution in [1.29, 1.82) is 0 Å². The van der Waals surface area contributed by atoms with E-state index in [1.807, 2.05) is 0 Å². The maximum atomic E-state index is 12.9. The van der Waals surface area contributed by atoms with E-state index in [4.69, 9.17) is 0 Å². The van der Waals surface area contributed by atoms with Crippen LogP contribution in [-0.4, -0.2) is 24.9 Å². The van der Waals surface area contributed by atoms with E-state index in [1.54, 1.807) is 31.3 Å². The normalized spacial score (nSPS) is 18.6. The largest absolute Gasteiger partial charge is 0.416 e. The fourth-order valence-electron chi connectivity index (χ4n) is 3.97. The van der Waals surface area contributed by atoms with Gasteiger partial charge in [-0.1, -0.05) is 43.2 Å². The minimum Gasteiger partial charge on any atom is -0.349 e. The van der Waals surface area contributed by atoms with Gasteiger partial charge in [-0.25, -0.2) is 0 Å². The number of alkyl halides is 3. The molecule has 1 saturated carbocycles. The van der Waals surface area contributed by atoms with E-state index >= 15 is 0 Å². The summed E-state index contributed by atoms with van der Waals surface area (Å²) in [7, 11) is 1.63. The lowest BCUT2D eigenvalue weighted by Gasteiger charge is -2.28. The lowest BCUT2D eigenvalue weighted by atomic mass is 9.95. The zero-order chi connectivity index (χ0) is 22.9. The van der Waals surface area contributed by atoms with E-state index in [2.05, 4.69) is 5.32 Å². The number of rotatable bonds is 3. The molecule has 1 aliphatic carbocycles. The predicted octanol–water partition coefficient (Wildman–Crippen LogP) is 5.88. The fourth-order valence-corrected chi connectivity index (χ4v) is 5.06. The molecule has 1 fully saturated rings. The van der Waals surface area contributed by atoms with E-state index in [-0.39, 0.29) is 17.9 Å². The molecule has 2 aromatic rings. The molecule has 2 aliphatic rings. The number of carbonyl (C=O) groups is 2. The number of nitrogens with zero attached hydrogens (tertiary/aromatic N) is 1. The maximum Gasteiger partial charge on any atom is 0.416 e. The van der Waals surface area contributed by atoms with Crippen LogP contribution in [0.1, 0.15) is 53.6 Å². The van der Waals surface area contributed by atoms with Crippen molar-refractivity contribution >= 4 is 35.3 Å². The average Bonchev–Trinajstić information content (AvgIpc) is 2.77. The molecule has 0 bridgehead atoms. The number of halogens is 3. The van der Waals surface area contributed by atoms with E-state index in [0.717, 1.165) is 42.7 Å². The Balaban J connectivity index is 1.53. The topological polar surface area (TPSA) is 49.4 Å². The summed E-state index contributed by atoms with van der Waals surface area (Å²) in [6, 6.07) is 10.1. The minimum atomic E-state index is -4.40. The van der Waals surface area contributed by atoms with Crippen molar-refractivity contribution in [1.82, 2.24) is 5.32 Å². The molecular weight excluding hydrogens is 437 g/mol. The third-order valence-electron chi connectivity index (χ3n) is 5.79. The highest BCUT2D eigenvalue weighted by Crippen LogP contribution is 2.42. The molecule has 4 rings (SSSR count). The SMILES string of the molecule is CN1C(=O)C(=Cc2ccc(C(F)(F)F)cc2)Sc2ccc(C(=O)NC3CCCCC3)cc21. The molecule has 1 heterocycles. The zero-order valence-electron chi connectivity index (χ0n) is 17.5. The number of thioether (sulfide) groups is 1. The lowest BCUT2D eigenvalue weighted by Crippen LogP contribution is -2.36. The molecule has 0 radical (unpaired) electrons. The third kappa shape index (κ3) is 4.85. The van der Waals surface area contributed by atoms with Gasteiger partial charge in [0.2, 0.25) is 0 Å². The van der Waals surface area contributed by atoms with Crippen LogP contribution >= 0.6 is 11.8 Å².